The van der Waals surface area contributed by atoms with Crippen LogP contribution >= 0.6 is 0 Å². The number of nitrogens with two attached hydrogens (primary N) is 1. The maximum atomic E-state index is 13.3. The summed E-state index contributed by atoms with van der Waals surface area (Å²) in [5.74, 6) is -1.00. The maximum Gasteiger partial charge on any atom is 0.305 e. The fourth-order valence-corrected chi connectivity index (χ4v) is 3.79. The summed E-state index contributed by atoms with van der Waals surface area (Å²) in [6.07, 6.45) is 3.48. The second-order valence-electron chi connectivity index (χ2n) is 7.75. The first-order valence-electron chi connectivity index (χ1n) is 10.8. The number of fused-ring (bicyclic) bond motifs is 1. The highest BCUT2D eigenvalue weighted by Crippen LogP contribution is 2.34. The van der Waals surface area contributed by atoms with Crippen LogP contribution in [0.25, 0.3) is 0 Å². The average Bonchev–Trinajstić information content (AvgIpc) is 2.89. The van der Waals surface area contributed by atoms with E-state index in [0.717, 1.165) is 31.2 Å². The van der Waals surface area contributed by atoms with Gasteiger partial charge in [0.1, 0.15) is 12.3 Å². The fraction of sp³-hybridized carbons (Fsp3) is 0.375. The number of anilines is 2. The molecule has 1 aliphatic rings. The molecular weight excluding hydrogens is 410 g/mol. The zero-order valence-corrected chi connectivity index (χ0v) is 18.3. The number of rotatable bonds is 10. The first-order chi connectivity index (χ1) is 15.4. The molecule has 0 bridgehead atoms. The normalized spacial score (nSPS) is 13.7. The first-order valence-corrected chi connectivity index (χ1v) is 10.8. The molecule has 0 saturated carbocycles. The Labute approximate surface area is 187 Å². The topological polar surface area (TPSA) is 113 Å². The van der Waals surface area contributed by atoms with Gasteiger partial charge in [0.05, 0.1) is 24.8 Å². The highest BCUT2D eigenvalue weighted by molar-refractivity contribution is 6.13. The van der Waals surface area contributed by atoms with Crippen molar-refractivity contribution in [2.24, 2.45) is 5.73 Å². The Morgan fingerprint density at radius 2 is 1.84 bits per heavy atom. The number of methoxy groups -OCH3 is 1. The lowest BCUT2D eigenvalue weighted by Gasteiger charge is -2.23. The van der Waals surface area contributed by atoms with E-state index >= 15 is 0 Å². The summed E-state index contributed by atoms with van der Waals surface area (Å²) in [5, 5.41) is 9.07. The second kappa shape index (κ2) is 10.8. The van der Waals surface area contributed by atoms with Crippen molar-refractivity contribution in [2.45, 2.75) is 32.1 Å². The molecule has 0 unspecified atom stereocenters. The number of nitrogens with zero attached hydrogens (tertiary/aromatic N) is 2. The predicted octanol–water partition coefficient (Wildman–Crippen LogP) is 2.96. The molecule has 2 aromatic carbocycles. The molecule has 0 aromatic heterocycles. The third-order valence-corrected chi connectivity index (χ3v) is 5.49. The second-order valence-corrected chi connectivity index (χ2v) is 7.75. The number of carboxylic acid groups (broad SMARTS) is 1. The minimum Gasteiger partial charge on any atom is -0.497 e. The molecule has 1 aliphatic heterocycles. The number of amides is 2. The number of unbranched alkanes of at least 4 members (excludes halogenated alkanes) is 2. The lowest BCUT2D eigenvalue weighted by atomic mass is 10.0. The highest BCUT2D eigenvalue weighted by Gasteiger charge is 2.32. The Kier molecular flexibility index (Phi) is 7.83. The van der Waals surface area contributed by atoms with Crippen molar-refractivity contribution < 1.29 is 24.2 Å². The third-order valence-electron chi connectivity index (χ3n) is 5.49. The van der Waals surface area contributed by atoms with Crippen LogP contribution in [-0.2, 0) is 16.0 Å². The molecule has 32 heavy (non-hydrogen) atoms. The van der Waals surface area contributed by atoms with Gasteiger partial charge in [-0.15, -0.1) is 0 Å². The number of benzene rings is 2. The van der Waals surface area contributed by atoms with Crippen LogP contribution in [0.15, 0.2) is 42.5 Å². The van der Waals surface area contributed by atoms with E-state index in [1.54, 1.807) is 37.4 Å². The molecule has 1 heterocycles. The van der Waals surface area contributed by atoms with Crippen molar-refractivity contribution in [3.05, 3.63) is 53.6 Å². The summed E-state index contributed by atoms with van der Waals surface area (Å²) in [6, 6.07) is 12.6. The summed E-state index contributed by atoms with van der Waals surface area (Å²) >= 11 is 0. The van der Waals surface area contributed by atoms with E-state index in [9.17, 15) is 14.4 Å². The fourth-order valence-electron chi connectivity index (χ4n) is 3.79. The maximum absolute atomic E-state index is 13.3. The lowest BCUT2D eigenvalue weighted by Crippen LogP contribution is -2.38. The molecule has 2 aromatic rings. The van der Waals surface area contributed by atoms with E-state index in [-0.39, 0.29) is 31.3 Å². The van der Waals surface area contributed by atoms with Gasteiger partial charge in [-0.1, -0.05) is 12.5 Å². The van der Waals surface area contributed by atoms with Gasteiger partial charge in [0.2, 0.25) is 0 Å². The summed E-state index contributed by atoms with van der Waals surface area (Å²) in [5.41, 5.74) is 8.06. The summed E-state index contributed by atoms with van der Waals surface area (Å²) in [6.45, 7) is 0.426. The molecule has 0 saturated heterocycles. The van der Waals surface area contributed by atoms with Crippen molar-refractivity contribution in [1.29, 1.82) is 0 Å². The zero-order valence-electron chi connectivity index (χ0n) is 18.3. The van der Waals surface area contributed by atoms with Crippen LogP contribution < -0.4 is 15.4 Å². The standard InChI is InChI=1S/C24H29N3O5/c1-32-19-9-7-18(8-10-19)27-21-11-6-17(5-3-2-4-13-25)15-20(21)24(31)26(16-22(27)28)14-12-23(29)30/h6-11,15H,2-5,12-14,16,25H2,1H3,(H,29,30). The predicted molar refractivity (Wildman–Crippen MR) is 121 cm³/mol. The van der Waals surface area contributed by atoms with Gasteiger partial charge in [-0.25, -0.2) is 0 Å². The molecule has 8 heteroatoms. The quantitative estimate of drug-likeness (QED) is 0.550. The number of carbonyl (C=O) groups excluding carboxylic acids is 2. The van der Waals surface area contributed by atoms with Crippen molar-refractivity contribution in [1.82, 2.24) is 4.90 Å². The number of aliphatic carboxylic acids is 1. The Morgan fingerprint density at radius 3 is 2.50 bits per heavy atom. The molecule has 0 spiro atoms. The Hall–Kier alpha value is -3.39. The van der Waals surface area contributed by atoms with Gasteiger partial charge >= 0.3 is 5.97 Å². The van der Waals surface area contributed by atoms with E-state index in [0.29, 0.717) is 29.2 Å². The molecule has 2 amide bonds. The van der Waals surface area contributed by atoms with E-state index in [1.165, 1.54) is 9.80 Å². The summed E-state index contributed by atoms with van der Waals surface area (Å²) < 4.78 is 5.21. The van der Waals surface area contributed by atoms with Gasteiger partial charge in [0.15, 0.2) is 0 Å². The van der Waals surface area contributed by atoms with Crippen molar-refractivity contribution >= 4 is 29.2 Å². The number of carboxylic acids is 1. The minimum absolute atomic E-state index is 0.0312. The molecular formula is C24H29N3O5. The zero-order chi connectivity index (χ0) is 23.1. The van der Waals surface area contributed by atoms with Crippen LogP contribution in [0.4, 0.5) is 11.4 Å². The molecule has 0 fully saturated rings. The Morgan fingerprint density at radius 1 is 1.09 bits per heavy atom. The molecule has 3 rings (SSSR count). The van der Waals surface area contributed by atoms with Crippen LogP contribution in [-0.4, -0.2) is 54.5 Å². The van der Waals surface area contributed by atoms with Gasteiger partial charge in [0, 0.05) is 12.2 Å². The largest absolute Gasteiger partial charge is 0.497 e. The SMILES string of the molecule is COc1ccc(N2C(=O)CN(CCC(=O)O)C(=O)c3cc(CCCCCN)ccc32)cc1. The van der Waals surface area contributed by atoms with Crippen LogP contribution in [0.5, 0.6) is 5.75 Å². The number of aryl methyl sites for hydroxylation is 1. The van der Waals surface area contributed by atoms with Crippen molar-refractivity contribution in [2.75, 3.05) is 31.6 Å². The molecule has 0 radical (unpaired) electrons. The number of ether oxygens (including phenoxy) is 1. The van der Waals surface area contributed by atoms with E-state index in [4.69, 9.17) is 15.6 Å². The van der Waals surface area contributed by atoms with Gasteiger partial charge in [-0.05, 0) is 67.8 Å². The molecule has 8 nitrogen and oxygen atoms in total. The summed E-state index contributed by atoms with van der Waals surface area (Å²) in [7, 11) is 1.56. The van der Waals surface area contributed by atoms with Crippen LogP contribution in [0.3, 0.4) is 0 Å². The van der Waals surface area contributed by atoms with Crippen LogP contribution in [0.1, 0.15) is 41.6 Å². The number of carbonyl (C=O) groups is 3. The van der Waals surface area contributed by atoms with Gasteiger partial charge in [0.25, 0.3) is 11.8 Å². The van der Waals surface area contributed by atoms with Gasteiger partial charge in [-0.2, -0.15) is 0 Å². The molecule has 170 valence electrons. The monoisotopic (exact) mass is 439 g/mol. The summed E-state index contributed by atoms with van der Waals surface area (Å²) in [4.78, 5) is 40.4. The number of hydrogen-bond acceptors (Lipinski definition) is 5. The van der Waals surface area contributed by atoms with E-state index < -0.39 is 5.97 Å². The molecule has 0 atom stereocenters. The van der Waals surface area contributed by atoms with Gasteiger partial charge in [-0.3, -0.25) is 19.3 Å². The van der Waals surface area contributed by atoms with Gasteiger partial charge < -0.3 is 20.5 Å². The first kappa shape index (κ1) is 23.3. The highest BCUT2D eigenvalue weighted by atomic mass is 16.5. The Bertz CT molecular complexity index is 974. The number of hydrogen-bond donors (Lipinski definition) is 2. The molecule has 3 N–H and O–H groups in total. The van der Waals surface area contributed by atoms with E-state index in [2.05, 4.69) is 0 Å². The van der Waals surface area contributed by atoms with E-state index in [1.807, 2.05) is 12.1 Å². The lowest BCUT2D eigenvalue weighted by molar-refractivity contribution is -0.137. The molecule has 0 aliphatic carbocycles. The van der Waals surface area contributed by atoms with Crippen molar-refractivity contribution in [3.8, 4) is 5.75 Å². The third kappa shape index (κ3) is 5.45. The van der Waals surface area contributed by atoms with Crippen molar-refractivity contribution in [3.63, 3.8) is 0 Å². The average molecular weight is 440 g/mol. The van der Waals surface area contributed by atoms with Crippen LogP contribution in [0.2, 0.25) is 0 Å². The smallest absolute Gasteiger partial charge is 0.305 e. The van der Waals surface area contributed by atoms with Crippen LogP contribution in [0, 0.1) is 0 Å². The minimum atomic E-state index is -1.02. The Balaban J connectivity index is 1.99.